The van der Waals surface area contributed by atoms with Gasteiger partial charge in [-0.25, -0.2) is 0 Å². The van der Waals surface area contributed by atoms with Crippen LogP contribution in [0.2, 0.25) is 0 Å². The molecule has 2 heterocycles. The molecule has 1 saturated heterocycles. The molecule has 2 atom stereocenters. The molecule has 1 aromatic carbocycles. The Morgan fingerprint density at radius 2 is 2.12 bits per heavy atom. The maximum absolute atomic E-state index is 5.78. The van der Waals surface area contributed by atoms with Gasteiger partial charge < -0.3 is 24.8 Å². The summed E-state index contributed by atoms with van der Waals surface area (Å²) in [4.78, 5) is 6.83. The maximum atomic E-state index is 5.78. The number of likely N-dealkylation sites (tertiary alicyclic amines) is 1. The number of guanidine groups is 1. The highest BCUT2D eigenvalue weighted by molar-refractivity contribution is 5.80. The summed E-state index contributed by atoms with van der Waals surface area (Å²) in [6.07, 6.45) is 0. The Hall–Kier alpha value is -2.15. The van der Waals surface area contributed by atoms with Crippen LogP contribution in [-0.4, -0.2) is 63.0 Å². The van der Waals surface area contributed by atoms with Gasteiger partial charge in [0.15, 0.2) is 17.5 Å². The second-order valence-corrected chi connectivity index (χ2v) is 7.14. The number of ether oxygens (including phenoxy) is 3. The van der Waals surface area contributed by atoms with Crippen LogP contribution in [0.4, 0.5) is 0 Å². The van der Waals surface area contributed by atoms with E-state index in [1.807, 2.05) is 18.2 Å². The standard InChI is InChI=1S/C19H30N4O3/c1-13(2)23-10-14(3)16(11-23)22-19(20-4)21-7-8-24-15-5-6-17-18(9-15)26-12-25-17/h5-6,9,13-14,16H,7-8,10-12H2,1-4H3,(H2,20,21,22). The second-order valence-electron chi connectivity index (χ2n) is 7.14. The molecule has 7 heteroatoms. The van der Waals surface area contributed by atoms with Gasteiger partial charge in [0.25, 0.3) is 0 Å². The minimum Gasteiger partial charge on any atom is -0.492 e. The van der Waals surface area contributed by atoms with E-state index in [1.54, 1.807) is 7.05 Å². The number of hydrogen-bond donors (Lipinski definition) is 2. The van der Waals surface area contributed by atoms with Crippen molar-refractivity contribution in [1.82, 2.24) is 15.5 Å². The smallest absolute Gasteiger partial charge is 0.231 e. The van der Waals surface area contributed by atoms with Gasteiger partial charge in [-0.15, -0.1) is 0 Å². The normalized spacial score (nSPS) is 22.7. The van der Waals surface area contributed by atoms with Gasteiger partial charge in [0.2, 0.25) is 6.79 Å². The molecule has 26 heavy (non-hydrogen) atoms. The first-order valence-corrected chi connectivity index (χ1v) is 9.30. The monoisotopic (exact) mass is 362 g/mol. The van der Waals surface area contributed by atoms with Crippen LogP contribution in [0.15, 0.2) is 23.2 Å². The lowest BCUT2D eigenvalue weighted by Crippen LogP contribution is -2.47. The van der Waals surface area contributed by atoms with E-state index in [2.05, 4.69) is 41.3 Å². The molecule has 0 spiro atoms. The van der Waals surface area contributed by atoms with E-state index in [-0.39, 0.29) is 6.79 Å². The summed E-state index contributed by atoms with van der Waals surface area (Å²) < 4.78 is 16.4. The van der Waals surface area contributed by atoms with Gasteiger partial charge >= 0.3 is 0 Å². The zero-order valence-electron chi connectivity index (χ0n) is 16.1. The lowest BCUT2D eigenvalue weighted by Gasteiger charge is -2.22. The van der Waals surface area contributed by atoms with Crippen molar-refractivity contribution >= 4 is 5.96 Å². The number of nitrogens with one attached hydrogen (secondary N) is 2. The Balaban J connectivity index is 1.40. The molecule has 1 aromatic rings. The average molecular weight is 362 g/mol. The molecule has 0 radical (unpaired) electrons. The Kier molecular flexibility index (Phi) is 6.08. The molecule has 0 saturated carbocycles. The van der Waals surface area contributed by atoms with E-state index >= 15 is 0 Å². The average Bonchev–Trinajstić information content (AvgIpc) is 3.23. The molecule has 2 aliphatic rings. The van der Waals surface area contributed by atoms with Gasteiger partial charge in [0, 0.05) is 38.3 Å². The molecule has 3 rings (SSSR count). The van der Waals surface area contributed by atoms with Gasteiger partial charge in [-0.3, -0.25) is 9.89 Å². The van der Waals surface area contributed by atoms with Crippen LogP contribution in [0.5, 0.6) is 17.2 Å². The van der Waals surface area contributed by atoms with E-state index in [4.69, 9.17) is 14.2 Å². The maximum Gasteiger partial charge on any atom is 0.231 e. The molecular weight excluding hydrogens is 332 g/mol. The van der Waals surface area contributed by atoms with Crippen LogP contribution in [0.25, 0.3) is 0 Å². The van der Waals surface area contributed by atoms with Crippen molar-refractivity contribution in [3.05, 3.63) is 18.2 Å². The number of nitrogens with zero attached hydrogens (tertiary/aromatic N) is 2. The Bertz CT molecular complexity index is 635. The van der Waals surface area contributed by atoms with Crippen molar-refractivity contribution in [3.63, 3.8) is 0 Å². The summed E-state index contributed by atoms with van der Waals surface area (Å²) in [6, 6.07) is 6.61. The number of hydrogen-bond acceptors (Lipinski definition) is 5. The first-order valence-electron chi connectivity index (χ1n) is 9.30. The Labute approximate surface area is 155 Å². The van der Waals surface area contributed by atoms with Crippen LogP contribution < -0.4 is 24.8 Å². The summed E-state index contributed by atoms with van der Waals surface area (Å²) in [5.41, 5.74) is 0. The van der Waals surface area contributed by atoms with Gasteiger partial charge in [0.1, 0.15) is 12.4 Å². The lowest BCUT2D eigenvalue weighted by atomic mass is 10.1. The largest absolute Gasteiger partial charge is 0.492 e. The number of benzene rings is 1. The summed E-state index contributed by atoms with van der Waals surface area (Å²) >= 11 is 0. The van der Waals surface area contributed by atoms with E-state index in [0.717, 1.165) is 36.3 Å². The quantitative estimate of drug-likeness (QED) is 0.456. The van der Waals surface area contributed by atoms with Gasteiger partial charge in [0.05, 0.1) is 6.54 Å². The molecule has 0 amide bonds. The summed E-state index contributed by atoms with van der Waals surface area (Å²) in [5.74, 6) is 3.69. The fourth-order valence-corrected chi connectivity index (χ4v) is 3.29. The Morgan fingerprint density at radius 3 is 2.85 bits per heavy atom. The van der Waals surface area contributed by atoms with Crippen LogP contribution in [0, 0.1) is 5.92 Å². The van der Waals surface area contributed by atoms with Crippen LogP contribution in [0.3, 0.4) is 0 Å². The van der Waals surface area contributed by atoms with Crippen molar-refractivity contribution in [3.8, 4) is 17.2 Å². The second kappa shape index (κ2) is 8.49. The van der Waals surface area contributed by atoms with Crippen molar-refractivity contribution in [2.24, 2.45) is 10.9 Å². The molecule has 2 unspecified atom stereocenters. The highest BCUT2D eigenvalue weighted by atomic mass is 16.7. The highest BCUT2D eigenvalue weighted by Crippen LogP contribution is 2.34. The van der Waals surface area contributed by atoms with E-state index in [0.29, 0.717) is 31.2 Å². The van der Waals surface area contributed by atoms with Gasteiger partial charge in [-0.05, 0) is 31.9 Å². The zero-order chi connectivity index (χ0) is 18.5. The molecule has 0 bridgehead atoms. The van der Waals surface area contributed by atoms with Crippen molar-refractivity contribution in [2.75, 3.05) is 40.1 Å². The predicted molar refractivity (Wildman–Crippen MR) is 102 cm³/mol. The summed E-state index contributed by atoms with van der Waals surface area (Å²) in [7, 11) is 1.80. The Morgan fingerprint density at radius 1 is 1.31 bits per heavy atom. The van der Waals surface area contributed by atoms with E-state index in [9.17, 15) is 0 Å². The van der Waals surface area contributed by atoms with E-state index in [1.165, 1.54) is 0 Å². The van der Waals surface area contributed by atoms with Crippen molar-refractivity contribution in [2.45, 2.75) is 32.9 Å². The summed E-state index contributed by atoms with van der Waals surface area (Å²) in [5, 5.41) is 6.86. The molecule has 2 N–H and O–H groups in total. The summed E-state index contributed by atoms with van der Waals surface area (Å²) in [6.45, 7) is 10.4. The van der Waals surface area contributed by atoms with Crippen LogP contribution >= 0.6 is 0 Å². The number of rotatable bonds is 6. The van der Waals surface area contributed by atoms with Crippen molar-refractivity contribution < 1.29 is 14.2 Å². The third-order valence-corrected chi connectivity index (χ3v) is 4.92. The first-order chi connectivity index (χ1) is 12.6. The van der Waals surface area contributed by atoms with Crippen molar-refractivity contribution in [1.29, 1.82) is 0 Å². The van der Waals surface area contributed by atoms with Gasteiger partial charge in [-0.2, -0.15) is 0 Å². The number of fused-ring (bicyclic) bond motifs is 1. The lowest BCUT2D eigenvalue weighted by molar-refractivity contribution is 0.173. The molecule has 0 aliphatic carbocycles. The highest BCUT2D eigenvalue weighted by Gasteiger charge is 2.31. The van der Waals surface area contributed by atoms with E-state index < -0.39 is 0 Å². The molecule has 0 aromatic heterocycles. The van der Waals surface area contributed by atoms with Gasteiger partial charge in [-0.1, -0.05) is 6.92 Å². The third-order valence-electron chi connectivity index (χ3n) is 4.92. The molecule has 144 valence electrons. The number of aliphatic imine (C=N–C) groups is 1. The molecule has 1 fully saturated rings. The SMILES string of the molecule is CN=C(NCCOc1ccc2c(c1)OCO2)NC1CN(C(C)C)CC1C. The first kappa shape index (κ1) is 18.6. The minimum absolute atomic E-state index is 0.274. The predicted octanol–water partition coefficient (Wildman–Crippen LogP) is 1.69. The fourth-order valence-electron chi connectivity index (χ4n) is 3.29. The zero-order valence-corrected chi connectivity index (χ0v) is 16.1. The van der Waals surface area contributed by atoms with Crippen LogP contribution in [-0.2, 0) is 0 Å². The molecular formula is C19H30N4O3. The molecule has 7 nitrogen and oxygen atoms in total. The fraction of sp³-hybridized carbons (Fsp3) is 0.632. The van der Waals surface area contributed by atoms with Crippen LogP contribution in [0.1, 0.15) is 20.8 Å². The minimum atomic E-state index is 0.274. The third kappa shape index (κ3) is 4.52. The topological polar surface area (TPSA) is 67.4 Å². The molecule has 2 aliphatic heterocycles.